The average molecular weight is 707 g/mol. The Balaban J connectivity index is 1.40. The molecule has 0 saturated heterocycles. The standard InChI is InChI=1S/C37H38O14/c1-41-26-16-22(49-36(39)20-12-29(43-3)34(47-7)30(13-20)44-4)17-27-23(26)18-24(38)33(50-27)19-9-10-25(28(11-19)42-2)51-37(40)21-14-31(45-5)35(48-8)32(15-21)46-6/h9-17,24,33,38H,18H2,1-8H3/t24-,33+/m0/s1. The smallest absolute Gasteiger partial charge is 0.343 e. The number of hydrogen-bond acceptors (Lipinski definition) is 14. The number of hydrogen-bond donors (Lipinski definition) is 1. The molecule has 270 valence electrons. The number of ether oxygens (including phenoxy) is 11. The molecule has 1 heterocycles. The molecule has 0 unspecified atom stereocenters. The first kappa shape index (κ1) is 36.3. The lowest BCUT2D eigenvalue weighted by Gasteiger charge is -2.32. The molecule has 51 heavy (non-hydrogen) atoms. The van der Waals surface area contributed by atoms with Crippen molar-refractivity contribution in [2.24, 2.45) is 0 Å². The Bertz CT molecular complexity index is 1870. The molecule has 14 heteroatoms. The Labute approximate surface area is 294 Å². The first-order valence-corrected chi connectivity index (χ1v) is 15.4. The monoisotopic (exact) mass is 706 g/mol. The fourth-order valence-electron chi connectivity index (χ4n) is 5.63. The molecule has 1 aliphatic heterocycles. The molecule has 4 aromatic rings. The van der Waals surface area contributed by atoms with Crippen LogP contribution in [0.3, 0.4) is 0 Å². The van der Waals surface area contributed by atoms with Crippen molar-refractivity contribution in [2.75, 3.05) is 56.9 Å². The van der Waals surface area contributed by atoms with Gasteiger partial charge in [0.1, 0.15) is 23.4 Å². The van der Waals surface area contributed by atoms with Crippen molar-refractivity contribution in [3.63, 3.8) is 0 Å². The van der Waals surface area contributed by atoms with Gasteiger partial charge in [-0.15, -0.1) is 0 Å². The van der Waals surface area contributed by atoms with Gasteiger partial charge in [0.15, 0.2) is 34.5 Å². The fourth-order valence-corrected chi connectivity index (χ4v) is 5.63. The van der Waals surface area contributed by atoms with Gasteiger partial charge >= 0.3 is 11.9 Å². The number of methoxy groups -OCH3 is 8. The number of carbonyl (C=O) groups is 2. The third kappa shape index (κ3) is 7.31. The van der Waals surface area contributed by atoms with E-state index in [1.54, 1.807) is 12.1 Å². The molecule has 4 aromatic carbocycles. The van der Waals surface area contributed by atoms with Crippen LogP contribution >= 0.6 is 0 Å². The van der Waals surface area contributed by atoms with E-state index in [9.17, 15) is 14.7 Å². The van der Waals surface area contributed by atoms with E-state index in [2.05, 4.69) is 0 Å². The SMILES string of the molecule is COc1cc([C@H]2Oc3cc(OC(=O)c4cc(OC)c(OC)c(OC)c4)cc(OC)c3C[C@@H]2O)ccc1OC(=O)c1cc(OC)c(OC)c(OC)c1. The number of rotatable bonds is 13. The van der Waals surface area contributed by atoms with Crippen molar-refractivity contribution in [1.82, 2.24) is 0 Å². The van der Waals surface area contributed by atoms with Gasteiger partial charge < -0.3 is 57.2 Å². The van der Waals surface area contributed by atoms with Gasteiger partial charge in [-0.3, -0.25) is 0 Å². The highest BCUT2D eigenvalue weighted by molar-refractivity contribution is 5.93. The zero-order valence-corrected chi connectivity index (χ0v) is 29.3. The average Bonchev–Trinajstić information content (AvgIpc) is 3.16. The molecular weight excluding hydrogens is 668 g/mol. The molecule has 1 aliphatic rings. The molecular formula is C37H38O14. The zero-order valence-electron chi connectivity index (χ0n) is 29.3. The van der Waals surface area contributed by atoms with E-state index < -0.39 is 24.1 Å². The van der Waals surface area contributed by atoms with E-state index in [-0.39, 0.29) is 57.8 Å². The second kappa shape index (κ2) is 15.7. The maximum absolute atomic E-state index is 13.3. The first-order chi connectivity index (χ1) is 24.6. The predicted molar refractivity (Wildman–Crippen MR) is 181 cm³/mol. The van der Waals surface area contributed by atoms with Crippen LogP contribution in [0.25, 0.3) is 0 Å². The highest BCUT2D eigenvalue weighted by atomic mass is 16.6. The molecule has 0 spiro atoms. The van der Waals surface area contributed by atoms with Crippen molar-refractivity contribution in [3.8, 4) is 63.2 Å². The van der Waals surface area contributed by atoms with E-state index in [0.29, 0.717) is 34.1 Å². The van der Waals surface area contributed by atoms with E-state index in [1.165, 1.54) is 99.3 Å². The minimum atomic E-state index is -1.00. The molecule has 0 amide bonds. The molecule has 1 N–H and O–H groups in total. The maximum atomic E-state index is 13.3. The van der Waals surface area contributed by atoms with Gasteiger partial charge in [-0.1, -0.05) is 6.07 Å². The molecule has 14 nitrogen and oxygen atoms in total. The Morgan fingerprint density at radius 2 is 1.06 bits per heavy atom. The summed E-state index contributed by atoms with van der Waals surface area (Å²) in [5.74, 6) is 1.51. The van der Waals surface area contributed by atoms with Crippen LogP contribution in [0.1, 0.15) is 37.9 Å². The largest absolute Gasteiger partial charge is 0.496 e. The van der Waals surface area contributed by atoms with E-state index in [0.717, 1.165) is 0 Å². The highest BCUT2D eigenvalue weighted by Gasteiger charge is 2.34. The summed E-state index contributed by atoms with van der Waals surface area (Å²) in [5, 5.41) is 11.2. The van der Waals surface area contributed by atoms with Crippen LogP contribution in [0.5, 0.6) is 63.2 Å². The summed E-state index contributed by atoms with van der Waals surface area (Å²) in [5.41, 5.74) is 1.40. The van der Waals surface area contributed by atoms with Gasteiger partial charge in [-0.2, -0.15) is 0 Å². The second-order valence-corrected chi connectivity index (χ2v) is 10.9. The molecule has 0 bridgehead atoms. The van der Waals surface area contributed by atoms with Gasteiger partial charge in [0, 0.05) is 24.1 Å². The number of aliphatic hydroxyl groups is 1. The van der Waals surface area contributed by atoms with Gasteiger partial charge in [0.05, 0.1) is 74.1 Å². The molecule has 0 fully saturated rings. The number of fused-ring (bicyclic) bond motifs is 1. The van der Waals surface area contributed by atoms with E-state index >= 15 is 0 Å². The minimum Gasteiger partial charge on any atom is -0.496 e. The quantitative estimate of drug-likeness (QED) is 0.142. The molecule has 0 radical (unpaired) electrons. The van der Waals surface area contributed by atoms with Crippen LogP contribution in [-0.4, -0.2) is 80.0 Å². The molecule has 5 rings (SSSR count). The lowest BCUT2D eigenvalue weighted by atomic mass is 9.94. The Hall–Kier alpha value is -6.02. The van der Waals surface area contributed by atoms with Crippen molar-refractivity contribution < 1.29 is 66.8 Å². The summed E-state index contributed by atoms with van der Waals surface area (Å²) in [6, 6.07) is 13.7. The number of benzene rings is 4. The Kier molecular flexibility index (Phi) is 11.2. The van der Waals surface area contributed by atoms with Crippen LogP contribution in [-0.2, 0) is 6.42 Å². The first-order valence-electron chi connectivity index (χ1n) is 15.4. The lowest BCUT2D eigenvalue weighted by molar-refractivity contribution is 0.0196. The highest BCUT2D eigenvalue weighted by Crippen LogP contribution is 2.45. The number of esters is 2. The minimum absolute atomic E-state index is 0.119. The predicted octanol–water partition coefficient (Wildman–Crippen LogP) is 5.23. The van der Waals surface area contributed by atoms with Crippen LogP contribution in [0, 0.1) is 0 Å². The molecule has 0 aliphatic carbocycles. The lowest BCUT2D eigenvalue weighted by Crippen LogP contribution is -2.30. The molecule has 2 atom stereocenters. The van der Waals surface area contributed by atoms with Gasteiger partial charge in [0.2, 0.25) is 11.5 Å². The van der Waals surface area contributed by atoms with E-state index in [1.807, 2.05) is 0 Å². The van der Waals surface area contributed by atoms with Gasteiger partial charge in [-0.05, 0) is 42.0 Å². The second-order valence-electron chi connectivity index (χ2n) is 10.9. The Morgan fingerprint density at radius 1 is 0.569 bits per heavy atom. The van der Waals surface area contributed by atoms with Crippen LogP contribution in [0.2, 0.25) is 0 Å². The maximum Gasteiger partial charge on any atom is 0.343 e. The van der Waals surface area contributed by atoms with Crippen LogP contribution in [0.4, 0.5) is 0 Å². The summed E-state index contributed by atoms with van der Waals surface area (Å²) in [6.45, 7) is 0. The van der Waals surface area contributed by atoms with E-state index in [4.69, 9.17) is 52.1 Å². The van der Waals surface area contributed by atoms with Crippen molar-refractivity contribution >= 4 is 11.9 Å². The number of aliphatic hydroxyl groups excluding tert-OH is 1. The summed E-state index contributed by atoms with van der Waals surface area (Å²) in [7, 11) is 11.6. The van der Waals surface area contributed by atoms with Gasteiger partial charge in [0.25, 0.3) is 0 Å². The van der Waals surface area contributed by atoms with Gasteiger partial charge in [-0.25, -0.2) is 9.59 Å². The fraction of sp³-hybridized carbons (Fsp3) is 0.297. The molecule has 0 saturated carbocycles. The third-order valence-corrected chi connectivity index (χ3v) is 8.11. The Morgan fingerprint density at radius 3 is 1.53 bits per heavy atom. The summed E-state index contributed by atoms with van der Waals surface area (Å²) in [6.07, 6.45) is -1.72. The molecule has 0 aromatic heterocycles. The van der Waals surface area contributed by atoms with Crippen molar-refractivity contribution in [1.29, 1.82) is 0 Å². The summed E-state index contributed by atoms with van der Waals surface area (Å²) < 4.78 is 60.9. The normalized spacial score (nSPS) is 14.6. The zero-order chi connectivity index (χ0) is 36.8. The van der Waals surface area contributed by atoms with Crippen molar-refractivity contribution in [3.05, 3.63) is 76.9 Å². The van der Waals surface area contributed by atoms with Crippen LogP contribution < -0.4 is 52.1 Å². The van der Waals surface area contributed by atoms with Crippen LogP contribution in [0.15, 0.2) is 54.6 Å². The third-order valence-electron chi connectivity index (χ3n) is 8.11. The number of carbonyl (C=O) groups excluding carboxylic acids is 2. The van der Waals surface area contributed by atoms with Crippen molar-refractivity contribution in [2.45, 2.75) is 18.6 Å². The summed E-state index contributed by atoms with van der Waals surface area (Å²) >= 11 is 0. The summed E-state index contributed by atoms with van der Waals surface area (Å²) in [4.78, 5) is 26.4. The topological polar surface area (TPSA) is 156 Å².